The maximum absolute atomic E-state index is 13.0. The van der Waals surface area contributed by atoms with Crippen LogP contribution in [0, 0.1) is 0 Å². The number of rotatable bonds is 5. The Balaban J connectivity index is 1.81. The number of carbonyl (C=O) groups is 1. The molecular formula is C19H14F5N3OS. The molecule has 3 aromatic rings. The molecule has 0 atom stereocenters. The number of hydrogen-bond donors (Lipinski definition) is 1. The highest BCUT2D eigenvalue weighted by Crippen LogP contribution is 2.34. The maximum Gasteiger partial charge on any atom is 0.416 e. The van der Waals surface area contributed by atoms with Crippen LogP contribution in [0.25, 0.3) is 11.1 Å². The number of benzene rings is 2. The van der Waals surface area contributed by atoms with E-state index in [1.807, 2.05) is 0 Å². The zero-order chi connectivity index (χ0) is 21.2. The third-order valence-electron chi connectivity index (χ3n) is 3.97. The summed E-state index contributed by atoms with van der Waals surface area (Å²) in [5.41, 5.74) is -0.531. The van der Waals surface area contributed by atoms with Crippen molar-refractivity contribution >= 4 is 17.9 Å². The highest BCUT2D eigenvalue weighted by atomic mass is 32.2. The predicted molar refractivity (Wildman–Crippen MR) is 98.4 cm³/mol. The number of amides is 1. The molecule has 1 N–H and O–H groups in total. The lowest BCUT2D eigenvalue weighted by Gasteiger charge is -2.11. The van der Waals surface area contributed by atoms with E-state index in [0.717, 1.165) is 28.8 Å². The highest BCUT2D eigenvalue weighted by molar-refractivity contribution is 7.98. The normalized spacial score (nSPS) is 11.7. The SMILES string of the molecule is Cn1cc(C(=O)NSc2ccccc2-c2ccc(C(F)(F)F)cc2)c(C(F)F)n1. The van der Waals surface area contributed by atoms with Crippen LogP contribution in [0.5, 0.6) is 0 Å². The van der Waals surface area contributed by atoms with Gasteiger partial charge in [-0.15, -0.1) is 0 Å². The van der Waals surface area contributed by atoms with Gasteiger partial charge in [-0.1, -0.05) is 30.3 Å². The molecule has 1 heterocycles. The molecule has 0 unspecified atom stereocenters. The Morgan fingerprint density at radius 2 is 1.76 bits per heavy atom. The second kappa shape index (κ2) is 8.24. The van der Waals surface area contributed by atoms with Gasteiger partial charge in [-0.05, 0) is 41.3 Å². The van der Waals surface area contributed by atoms with Gasteiger partial charge in [0.05, 0.1) is 11.1 Å². The fourth-order valence-electron chi connectivity index (χ4n) is 2.63. The van der Waals surface area contributed by atoms with Crippen LogP contribution in [0.1, 0.15) is 28.0 Å². The minimum absolute atomic E-state index is 0.248. The minimum Gasteiger partial charge on any atom is -0.292 e. The Morgan fingerprint density at radius 3 is 2.38 bits per heavy atom. The van der Waals surface area contributed by atoms with E-state index in [-0.39, 0.29) is 5.56 Å². The van der Waals surface area contributed by atoms with Gasteiger partial charge in [0, 0.05) is 18.1 Å². The second-order valence-electron chi connectivity index (χ2n) is 6.01. The predicted octanol–water partition coefficient (Wildman–Crippen LogP) is 5.48. The number of alkyl halides is 5. The van der Waals surface area contributed by atoms with Crippen LogP contribution < -0.4 is 4.72 Å². The molecule has 0 radical (unpaired) electrons. The molecular weight excluding hydrogens is 413 g/mol. The van der Waals surface area contributed by atoms with Gasteiger partial charge in [0.1, 0.15) is 5.69 Å². The van der Waals surface area contributed by atoms with Gasteiger partial charge in [0.2, 0.25) is 0 Å². The minimum atomic E-state index is -4.44. The molecule has 0 aliphatic heterocycles. The van der Waals surface area contributed by atoms with E-state index in [1.165, 1.54) is 25.4 Å². The number of nitrogens with one attached hydrogen (secondary N) is 1. The number of aryl methyl sites for hydroxylation is 1. The first kappa shape index (κ1) is 20.8. The Labute approximate surface area is 166 Å². The van der Waals surface area contributed by atoms with Crippen LogP contribution >= 0.6 is 11.9 Å². The molecule has 2 aromatic carbocycles. The second-order valence-corrected chi connectivity index (χ2v) is 6.85. The number of carbonyl (C=O) groups excluding carboxylic acids is 1. The van der Waals surface area contributed by atoms with Crippen molar-refractivity contribution in [3.05, 3.63) is 71.5 Å². The third kappa shape index (κ3) is 4.76. The summed E-state index contributed by atoms with van der Waals surface area (Å²) in [6.07, 6.45) is -6.15. The van der Waals surface area contributed by atoms with Crippen molar-refractivity contribution in [2.75, 3.05) is 0 Å². The Kier molecular flexibility index (Phi) is 5.92. The molecule has 4 nitrogen and oxygen atoms in total. The lowest BCUT2D eigenvalue weighted by Crippen LogP contribution is -2.17. The van der Waals surface area contributed by atoms with Crippen LogP contribution in [0.15, 0.2) is 59.6 Å². The lowest BCUT2D eigenvalue weighted by molar-refractivity contribution is -0.137. The summed E-state index contributed by atoms with van der Waals surface area (Å²) in [7, 11) is 1.43. The van der Waals surface area contributed by atoms with Gasteiger partial charge in [0.25, 0.3) is 12.3 Å². The summed E-state index contributed by atoms with van der Waals surface area (Å²) in [6.45, 7) is 0. The van der Waals surface area contributed by atoms with Gasteiger partial charge >= 0.3 is 6.18 Å². The zero-order valence-electron chi connectivity index (χ0n) is 14.9. The first-order chi connectivity index (χ1) is 13.7. The first-order valence-electron chi connectivity index (χ1n) is 8.22. The Bertz CT molecular complexity index is 1020. The highest BCUT2D eigenvalue weighted by Gasteiger charge is 2.30. The Morgan fingerprint density at radius 1 is 1.10 bits per heavy atom. The first-order valence-corrected chi connectivity index (χ1v) is 9.04. The van der Waals surface area contributed by atoms with Crippen molar-refractivity contribution in [1.82, 2.24) is 14.5 Å². The van der Waals surface area contributed by atoms with Crippen molar-refractivity contribution in [2.45, 2.75) is 17.5 Å². The molecule has 0 saturated carbocycles. The van der Waals surface area contributed by atoms with E-state index >= 15 is 0 Å². The summed E-state index contributed by atoms with van der Waals surface area (Å²) < 4.78 is 67.9. The van der Waals surface area contributed by atoms with Crippen molar-refractivity contribution in [3.63, 3.8) is 0 Å². The molecule has 10 heteroatoms. The fraction of sp³-hybridized carbons (Fsp3) is 0.158. The van der Waals surface area contributed by atoms with Crippen molar-refractivity contribution in [1.29, 1.82) is 0 Å². The van der Waals surface area contributed by atoms with Crippen molar-refractivity contribution in [3.8, 4) is 11.1 Å². The monoisotopic (exact) mass is 427 g/mol. The molecule has 29 heavy (non-hydrogen) atoms. The smallest absolute Gasteiger partial charge is 0.292 e. The van der Waals surface area contributed by atoms with Gasteiger partial charge < -0.3 is 0 Å². The summed E-state index contributed by atoms with van der Waals surface area (Å²) in [5, 5.41) is 3.58. The molecule has 0 saturated heterocycles. The van der Waals surface area contributed by atoms with Gasteiger partial charge in [0.15, 0.2) is 0 Å². The molecule has 0 fully saturated rings. The third-order valence-corrected chi connectivity index (χ3v) is 4.84. The summed E-state index contributed by atoms with van der Waals surface area (Å²) in [5.74, 6) is -0.749. The molecule has 3 rings (SSSR count). The molecule has 152 valence electrons. The van der Waals surface area contributed by atoms with Gasteiger partial charge in [-0.3, -0.25) is 14.2 Å². The van der Waals surface area contributed by atoms with Crippen LogP contribution in [-0.2, 0) is 13.2 Å². The van der Waals surface area contributed by atoms with Gasteiger partial charge in [-0.2, -0.15) is 18.3 Å². The summed E-state index contributed by atoms with van der Waals surface area (Å²) in [4.78, 5) is 12.9. The molecule has 1 aromatic heterocycles. The van der Waals surface area contributed by atoms with Crippen LogP contribution in [0.2, 0.25) is 0 Å². The maximum atomic E-state index is 13.0. The topological polar surface area (TPSA) is 46.9 Å². The number of nitrogens with zero attached hydrogens (tertiary/aromatic N) is 2. The summed E-state index contributed by atoms with van der Waals surface area (Å²) >= 11 is 0.881. The number of aromatic nitrogens is 2. The van der Waals surface area contributed by atoms with E-state index < -0.39 is 29.8 Å². The van der Waals surface area contributed by atoms with Crippen molar-refractivity contribution in [2.24, 2.45) is 7.05 Å². The zero-order valence-corrected chi connectivity index (χ0v) is 15.7. The summed E-state index contributed by atoms with van der Waals surface area (Å²) in [6, 6.07) is 11.4. The largest absolute Gasteiger partial charge is 0.416 e. The molecule has 0 bridgehead atoms. The molecule has 0 aliphatic rings. The number of hydrogen-bond acceptors (Lipinski definition) is 3. The van der Waals surface area contributed by atoms with E-state index in [2.05, 4.69) is 9.82 Å². The van der Waals surface area contributed by atoms with Crippen molar-refractivity contribution < 1.29 is 26.7 Å². The average Bonchev–Trinajstić information content (AvgIpc) is 3.08. The average molecular weight is 427 g/mol. The fourth-order valence-corrected chi connectivity index (χ4v) is 3.39. The van der Waals surface area contributed by atoms with Gasteiger partial charge in [-0.25, -0.2) is 8.78 Å². The quantitative estimate of drug-likeness (QED) is 0.433. The molecule has 0 spiro atoms. The molecule has 0 aliphatic carbocycles. The standard InChI is InChI=1S/C19H14F5N3OS/c1-27-10-14(16(25-27)17(20)21)18(28)26-29-15-5-3-2-4-13(15)11-6-8-12(9-7-11)19(22,23)24/h2-10,17H,1H3,(H,26,28). The van der Waals surface area contributed by atoms with Crippen LogP contribution in [-0.4, -0.2) is 15.7 Å². The Hall–Kier alpha value is -2.88. The molecule has 1 amide bonds. The van der Waals surface area contributed by atoms with E-state index in [1.54, 1.807) is 24.3 Å². The van der Waals surface area contributed by atoms with Crippen LogP contribution in [0.3, 0.4) is 0 Å². The van der Waals surface area contributed by atoms with E-state index in [4.69, 9.17) is 0 Å². The lowest BCUT2D eigenvalue weighted by atomic mass is 10.0. The van der Waals surface area contributed by atoms with E-state index in [0.29, 0.717) is 16.0 Å². The number of halogens is 5. The van der Waals surface area contributed by atoms with E-state index in [9.17, 15) is 26.7 Å². The van der Waals surface area contributed by atoms with Crippen LogP contribution in [0.4, 0.5) is 22.0 Å².